The van der Waals surface area contributed by atoms with Gasteiger partial charge in [0.15, 0.2) is 5.67 Å². The van der Waals surface area contributed by atoms with Gasteiger partial charge in [0.05, 0.1) is 0 Å². The fourth-order valence-electron chi connectivity index (χ4n) is 4.10. The molecular weight excluding hydrogens is 364 g/mol. The molecule has 1 aromatic rings. The number of hydrogen-bond acceptors (Lipinski definition) is 4. The van der Waals surface area contributed by atoms with Crippen molar-refractivity contribution in [2.75, 3.05) is 0 Å². The molecule has 0 amide bonds. The Bertz CT molecular complexity index is 860. The normalized spacial score (nSPS) is 32.3. The van der Waals surface area contributed by atoms with E-state index in [4.69, 9.17) is 5.14 Å². The van der Waals surface area contributed by atoms with Crippen LogP contribution in [0.4, 0.5) is 8.78 Å². The first-order valence-corrected chi connectivity index (χ1v) is 10.0. The van der Waals surface area contributed by atoms with Gasteiger partial charge in [-0.1, -0.05) is 12.1 Å². The van der Waals surface area contributed by atoms with Gasteiger partial charge < -0.3 is 10.2 Å². The van der Waals surface area contributed by atoms with Gasteiger partial charge in [0.25, 0.3) is 0 Å². The number of allylic oxidation sites excluding steroid dienone is 3. The molecule has 2 atom stereocenters. The van der Waals surface area contributed by atoms with E-state index in [0.29, 0.717) is 31.2 Å². The number of alkyl halides is 1. The Hall–Kier alpha value is -1.93. The number of sulfonamides is 1. The lowest BCUT2D eigenvalue weighted by Gasteiger charge is -2.40. The zero-order valence-corrected chi connectivity index (χ0v) is 14.8. The van der Waals surface area contributed by atoms with E-state index in [1.807, 2.05) is 0 Å². The number of hydrogen-bond donors (Lipinski definition) is 3. The smallest absolute Gasteiger partial charge is 0.219 e. The Balaban J connectivity index is 1.81. The molecule has 1 fully saturated rings. The van der Waals surface area contributed by atoms with Crippen LogP contribution < -0.4 is 5.14 Å². The second-order valence-electron chi connectivity index (χ2n) is 7.02. The van der Waals surface area contributed by atoms with Crippen LogP contribution in [-0.4, -0.2) is 29.5 Å². The molecule has 8 heteroatoms. The monoisotopic (exact) mass is 385 g/mol. The van der Waals surface area contributed by atoms with Crippen LogP contribution in [0, 0.1) is 5.92 Å². The van der Waals surface area contributed by atoms with Crippen molar-refractivity contribution in [2.45, 2.75) is 42.5 Å². The number of aromatic hydroxyl groups is 2. The molecule has 26 heavy (non-hydrogen) atoms. The van der Waals surface area contributed by atoms with E-state index in [2.05, 4.69) is 0 Å². The SMILES string of the molecule is NS(=O)(=O)C1C=CC(F)=CC1(F)[C@H]1CC[C@H](c2ccc(O)cc2O)CC1. The quantitative estimate of drug-likeness (QED) is 0.744. The summed E-state index contributed by atoms with van der Waals surface area (Å²) in [5, 5.41) is 22.9. The highest BCUT2D eigenvalue weighted by Gasteiger charge is 2.51. The predicted octanol–water partition coefficient (Wildman–Crippen LogP) is 3.16. The highest BCUT2D eigenvalue weighted by atomic mass is 32.2. The van der Waals surface area contributed by atoms with Gasteiger partial charge in [0.1, 0.15) is 22.6 Å². The van der Waals surface area contributed by atoms with Crippen LogP contribution >= 0.6 is 0 Å². The van der Waals surface area contributed by atoms with Crippen LogP contribution in [0.15, 0.2) is 42.3 Å². The molecule has 1 aromatic carbocycles. The van der Waals surface area contributed by atoms with E-state index in [1.165, 1.54) is 12.1 Å². The number of phenols is 2. The van der Waals surface area contributed by atoms with E-state index >= 15 is 4.39 Å². The lowest BCUT2D eigenvalue weighted by atomic mass is 9.70. The molecule has 2 aliphatic rings. The first-order chi connectivity index (χ1) is 12.1. The van der Waals surface area contributed by atoms with Crippen LogP contribution in [0.3, 0.4) is 0 Å². The van der Waals surface area contributed by atoms with Gasteiger partial charge in [-0.05, 0) is 61.3 Å². The highest BCUT2D eigenvalue weighted by molar-refractivity contribution is 7.90. The van der Waals surface area contributed by atoms with E-state index in [1.54, 1.807) is 6.07 Å². The zero-order valence-electron chi connectivity index (χ0n) is 14.0. The minimum atomic E-state index is -4.22. The minimum Gasteiger partial charge on any atom is -0.508 e. The fraction of sp³-hybridized carbons (Fsp3) is 0.444. The summed E-state index contributed by atoms with van der Waals surface area (Å²) in [6.45, 7) is 0. The summed E-state index contributed by atoms with van der Waals surface area (Å²) in [5.41, 5.74) is -1.74. The Morgan fingerprint density at radius 2 is 1.81 bits per heavy atom. The van der Waals surface area contributed by atoms with Gasteiger partial charge in [-0.2, -0.15) is 0 Å². The van der Waals surface area contributed by atoms with E-state index in [9.17, 15) is 23.0 Å². The van der Waals surface area contributed by atoms with Crippen LogP contribution in [0.1, 0.15) is 37.2 Å². The van der Waals surface area contributed by atoms with Crippen LogP contribution in [0.25, 0.3) is 0 Å². The topological polar surface area (TPSA) is 101 Å². The number of rotatable bonds is 3. The Kier molecular flexibility index (Phi) is 4.83. The van der Waals surface area contributed by atoms with Crippen LogP contribution in [-0.2, 0) is 10.0 Å². The van der Waals surface area contributed by atoms with Crippen molar-refractivity contribution >= 4 is 10.0 Å². The molecule has 4 N–H and O–H groups in total. The van der Waals surface area contributed by atoms with Gasteiger partial charge in [-0.25, -0.2) is 22.3 Å². The summed E-state index contributed by atoms with van der Waals surface area (Å²) in [5.74, 6) is -1.63. The second kappa shape index (κ2) is 6.66. The second-order valence-corrected chi connectivity index (χ2v) is 8.70. The van der Waals surface area contributed by atoms with Crippen molar-refractivity contribution in [1.82, 2.24) is 0 Å². The summed E-state index contributed by atoms with van der Waals surface area (Å²) < 4.78 is 52.9. The first kappa shape index (κ1) is 18.8. The standard InChI is InChI=1S/C18H21F2NO4S/c19-13-5-8-17(26(21,24)25)18(20,10-13)12-3-1-11(2-4-12)15-7-6-14(22)9-16(15)23/h5-12,17,22-23H,1-4H2,(H2,21,24,25)/t11-,12-,17?,18?. The fourth-order valence-corrected chi connectivity index (χ4v) is 5.17. The molecule has 0 radical (unpaired) electrons. The highest BCUT2D eigenvalue weighted by Crippen LogP contribution is 2.48. The largest absolute Gasteiger partial charge is 0.508 e. The average molecular weight is 385 g/mol. The van der Waals surface area contributed by atoms with Crippen LogP contribution in [0.5, 0.6) is 11.5 Å². The van der Waals surface area contributed by atoms with Crippen molar-refractivity contribution in [2.24, 2.45) is 11.1 Å². The summed E-state index contributed by atoms with van der Waals surface area (Å²) in [6.07, 6.45) is 4.29. The van der Waals surface area contributed by atoms with E-state index < -0.39 is 32.7 Å². The van der Waals surface area contributed by atoms with Gasteiger partial charge in [-0.15, -0.1) is 0 Å². The zero-order chi connectivity index (χ0) is 19.1. The van der Waals surface area contributed by atoms with Crippen molar-refractivity contribution in [1.29, 1.82) is 0 Å². The Morgan fingerprint density at radius 3 is 2.38 bits per heavy atom. The number of benzene rings is 1. The molecule has 0 saturated heterocycles. The third-order valence-corrected chi connectivity index (χ3v) is 6.61. The summed E-state index contributed by atoms with van der Waals surface area (Å²) >= 11 is 0. The molecule has 0 bridgehead atoms. The molecule has 5 nitrogen and oxygen atoms in total. The predicted molar refractivity (Wildman–Crippen MR) is 93.5 cm³/mol. The van der Waals surface area contributed by atoms with Crippen molar-refractivity contribution in [3.05, 3.63) is 47.8 Å². The van der Waals surface area contributed by atoms with Crippen molar-refractivity contribution < 1.29 is 27.4 Å². The number of primary sulfonamides is 1. The van der Waals surface area contributed by atoms with Gasteiger partial charge >= 0.3 is 0 Å². The van der Waals surface area contributed by atoms with Gasteiger partial charge in [0.2, 0.25) is 10.0 Å². The maximum atomic E-state index is 15.6. The Labute approximate surface area is 150 Å². The summed E-state index contributed by atoms with van der Waals surface area (Å²) in [7, 11) is -4.22. The molecule has 1 saturated carbocycles. The minimum absolute atomic E-state index is 0.0302. The first-order valence-electron chi connectivity index (χ1n) is 8.40. The molecule has 2 unspecified atom stereocenters. The third-order valence-electron chi connectivity index (χ3n) is 5.39. The van der Waals surface area contributed by atoms with Crippen molar-refractivity contribution in [3.63, 3.8) is 0 Å². The number of phenolic OH excluding ortho intramolecular Hbond substituents is 2. The van der Waals surface area contributed by atoms with E-state index in [0.717, 1.165) is 18.2 Å². The average Bonchev–Trinajstić information content (AvgIpc) is 2.53. The lowest BCUT2D eigenvalue weighted by molar-refractivity contribution is 0.100. The van der Waals surface area contributed by atoms with E-state index in [-0.39, 0.29) is 17.4 Å². The molecular formula is C18H21F2NO4S. The molecule has 2 aliphatic carbocycles. The molecule has 0 heterocycles. The Morgan fingerprint density at radius 1 is 1.15 bits per heavy atom. The summed E-state index contributed by atoms with van der Waals surface area (Å²) in [6, 6.07) is 4.34. The van der Waals surface area contributed by atoms with Gasteiger partial charge in [-0.3, -0.25) is 0 Å². The summed E-state index contributed by atoms with van der Waals surface area (Å²) in [4.78, 5) is 0. The third kappa shape index (κ3) is 3.48. The number of halogens is 2. The number of nitrogens with two attached hydrogens (primary N) is 1. The molecule has 142 valence electrons. The molecule has 3 rings (SSSR count). The maximum absolute atomic E-state index is 15.6. The maximum Gasteiger partial charge on any atom is 0.219 e. The molecule has 0 spiro atoms. The van der Waals surface area contributed by atoms with Gasteiger partial charge in [0, 0.05) is 6.07 Å². The van der Waals surface area contributed by atoms with Crippen molar-refractivity contribution in [3.8, 4) is 11.5 Å². The van der Waals surface area contributed by atoms with Crippen LogP contribution in [0.2, 0.25) is 0 Å². The molecule has 0 aromatic heterocycles. The molecule has 0 aliphatic heterocycles. The lowest BCUT2D eigenvalue weighted by Crippen LogP contribution is -2.50.